The molecule has 4 rings (SSSR count). The van der Waals surface area contributed by atoms with E-state index in [1.54, 1.807) is 0 Å². The zero-order valence-electron chi connectivity index (χ0n) is 12.2. The predicted octanol–water partition coefficient (Wildman–Crippen LogP) is 2.70. The lowest BCUT2D eigenvalue weighted by Crippen LogP contribution is -2.39. The molecule has 2 unspecified atom stereocenters. The van der Waals surface area contributed by atoms with Gasteiger partial charge in [-0.15, -0.1) is 12.4 Å². The topological polar surface area (TPSA) is 28.2 Å². The number of aromatic nitrogens is 1. The molecule has 112 valence electrons. The van der Waals surface area contributed by atoms with Crippen LogP contribution in [0.1, 0.15) is 12.0 Å². The van der Waals surface area contributed by atoms with Crippen molar-refractivity contribution in [2.45, 2.75) is 13.0 Å². The van der Waals surface area contributed by atoms with E-state index in [0.29, 0.717) is 0 Å². The molecule has 0 spiro atoms. The molecule has 2 aliphatic heterocycles. The number of rotatable bonds is 2. The molecule has 1 aromatic heterocycles. The molecule has 3 nitrogen and oxygen atoms in total. The van der Waals surface area contributed by atoms with Gasteiger partial charge in [0.15, 0.2) is 0 Å². The van der Waals surface area contributed by atoms with E-state index in [9.17, 15) is 0 Å². The first-order valence-corrected chi connectivity index (χ1v) is 7.65. The summed E-state index contributed by atoms with van der Waals surface area (Å²) in [6, 6.07) is 10.8. The third-order valence-electron chi connectivity index (χ3n) is 4.86. The quantitative estimate of drug-likeness (QED) is 0.924. The molecule has 2 saturated heterocycles. The Hall–Kier alpha value is -1.16. The second kappa shape index (κ2) is 6.30. The predicted molar refractivity (Wildman–Crippen MR) is 88.7 cm³/mol. The summed E-state index contributed by atoms with van der Waals surface area (Å²) in [6.07, 6.45) is 3.21. The minimum Gasteiger partial charge on any atom is -0.316 e. The van der Waals surface area contributed by atoms with E-state index < -0.39 is 0 Å². The van der Waals surface area contributed by atoms with Gasteiger partial charge in [-0.2, -0.15) is 0 Å². The Morgan fingerprint density at radius 1 is 1.19 bits per heavy atom. The Balaban J connectivity index is 0.00000132. The Kier molecular flexibility index (Phi) is 4.43. The van der Waals surface area contributed by atoms with Gasteiger partial charge >= 0.3 is 0 Å². The van der Waals surface area contributed by atoms with Gasteiger partial charge in [-0.25, -0.2) is 0 Å². The average Bonchev–Trinajstić information content (AvgIpc) is 2.95. The number of piperidine rings is 1. The third kappa shape index (κ3) is 3.05. The number of hydrogen-bond acceptors (Lipinski definition) is 3. The van der Waals surface area contributed by atoms with Crippen molar-refractivity contribution < 1.29 is 0 Å². The van der Waals surface area contributed by atoms with Gasteiger partial charge in [0.2, 0.25) is 0 Å². The molecule has 0 bridgehead atoms. The molecule has 1 N–H and O–H groups in total. The second-order valence-corrected chi connectivity index (χ2v) is 6.23. The molecule has 4 heteroatoms. The van der Waals surface area contributed by atoms with Crippen molar-refractivity contribution in [1.29, 1.82) is 0 Å². The molecule has 0 aliphatic carbocycles. The van der Waals surface area contributed by atoms with Crippen molar-refractivity contribution in [2.75, 3.05) is 26.2 Å². The van der Waals surface area contributed by atoms with E-state index >= 15 is 0 Å². The fraction of sp³-hybridized carbons (Fsp3) is 0.471. The molecule has 2 atom stereocenters. The number of nitrogens with zero attached hydrogens (tertiary/aromatic N) is 2. The lowest BCUT2D eigenvalue weighted by Gasteiger charge is -2.34. The van der Waals surface area contributed by atoms with Crippen LogP contribution in [-0.4, -0.2) is 36.1 Å². The lowest BCUT2D eigenvalue weighted by atomic mass is 9.88. The summed E-state index contributed by atoms with van der Waals surface area (Å²) in [5.74, 6) is 1.79. The van der Waals surface area contributed by atoms with Crippen molar-refractivity contribution in [3.05, 3.63) is 42.1 Å². The molecule has 0 radical (unpaired) electrons. The Morgan fingerprint density at radius 3 is 3.05 bits per heavy atom. The van der Waals surface area contributed by atoms with E-state index in [-0.39, 0.29) is 12.4 Å². The van der Waals surface area contributed by atoms with Crippen LogP contribution in [0.3, 0.4) is 0 Å². The largest absolute Gasteiger partial charge is 0.316 e. The van der Waals surface area contributed by atoms with E-state index in [2.05, 4.69) is 39.5 Å². The van der Waals surface area contributed by atoms with Gasteiger partial charge in [-0.3, -0.25) is 9.88 Å². The lowest BCUT2D eigenvalue weighted by molar-refractivity contribution is 0.142. The number of likely N-dealkylation sites (tertiary alicyclic amines) is 1. The Labute approximate surface area is 132 Å². The van der Waals surface area contributed by atoms with Crippen molar-refractivity contribution >= 4 is 23.3 Å². The van der Waals surface area contributed by atoms with Gasteiger partial charge in [0.05, 0.1) is 5.52 Å². The highest BCUT2D eigenvalue weighted by Gasteiger charge is 2.32. The van der Waals surface area contributed by atoms with Crippen LogP contribution in [0.5, 0.6) is 0 Å². The molecule has 2 fully saturated rings. The second-order valence-electron chi connectivity index (χ2n) is 6.23. The number of fused-ring (bicyclic) bond motifs is 2. The first kappa shape index (κ1) is 14.8. The first-order chi connectivity index (χ1) is 9.88. The third-order valence-corrected chi connectivity index (χ3v) is 4.86. The van der Waals surface area contributed by atoms with Crippen molar-refractivity contribution in [3.63, 3.8) is 0 Å². The van der Waals surface area contributed by atoms with Crippen LogP contribution < -0.4 is 5.32 Å². The zero-order valence-corrected chi connectivity index (χ0v) is 13.0. The minimum atomic E-state index is 0. The summed E-state index contributed by atoms with van der Waals surface area (Å²) < 4.78 is 0. The van der Waals surface area contributed by atoms with Crippen molar-refractivity contribution in [1.82, 2.24) is 15.2 Å². The molecule has 0 amide bonds. The van der Waals surface area contributed by atoms with Crippen LogP contribution in [0.4, 0.5) is 0 Å². The SMILES string of the molecule is Cl.c1cnc2ccc(CN3CCC4CNCC4C3)cc2c1. The normalized spacial score (nSPS) is 25.5. The van der Waals surface area contributed by atoms with Crippen LogP contribution in [0.25, 0.3) is 10.9 Å². The molecular weight excluding hydrogens is 282 g/mol. The maximum Gasteiger partial charge on any atom is 0.0702 e. The maximum absolute atomic E-state index is 4.39. The van der Waals surface area contributed by atoms with Gasteiger partial charge in [-0.1, -0.05) is 12.1 Å². The van der Waals surface area contributed by atoms with Crippen molar-refractivity contribution in [2.24, 2.45) is 11.8 Å². The summed E-state index contributed by atoms with van der Waals surface area (Å²) in [5, 5.41) is 4.79. The van der Waals surface area contributed by atoms with Crippen molar-refractivity contribution in [3.8, 4) is 0 Å². The van der Waals surface area contributed by atoms with Gasteiger partial charge < -0.3 is 5.32 Å². The fourth-order valence-corrected chi connectivity index (χ4v) is 3.74. The summed E-state index contributed by atoms with van der Waals surface area (Å²) in [6.45, 7) is 6.02. The monoisotopic (exact) mass is 303 g/mol. The highest BCUT2D eigenvalue weighted by Crippen LogP contribution is 2.27. The smallest absolute Gasteiger partial charge is 0.0702 e. The van der Waals surface area contributed by atoms with Gasteiger partial charge in [-0.05, 0) is 61.7 Å². The average molecular weight is 304 g/mol. The molecule has 2 aromatic rings. The highest BCUT2D eigenvalue weighted by molar-refractivity contribution is 5.85. The first-order valence-electron chi connectivity index (χ1n) is 7.65. The van der Waals surface area contributed by atoms with Gasteiger partial charge in [0.1, 0.15) is 0 Å². The molecule has 0 saturated carbocycles. The maximum atomic E-state index is 4.39. The van der Waals surface area contributed by atoms with Crippen LogP contribution >= 0.6 is 12.4 Å². The number of pyridine rings is 1. The van der Waals surface area contributed by atoms with Crippen LogP contribution in [0.2, 0.25) is 0 Å². The summed E-state index contributed by atoms with van der Waals surface area (Å²) in [4.78, 5) is 7.01. The van der Waals surface area contributed by atoms with Gasteiger partial charge in [0.25, 0.3) is 0 Å². The summed E-state index contributed by atoms with van der Waals surface area (Å²) in [5.41, 5.74) is 2.50. The molecule has 2 aliphatic rings. The number of nitrogens with one attached hydrogen (secondary N) is 1. The molecular formula is C17H22ClN3. The van der Waals surface area contributed by atoms with Crippen LogP contribution in [0.15, 0.2) is 36.5 Å². The highest BCUT2D eigenvalue weighted by atomic mass is 35.5. The molecule has 1 aromatic carbocycles. The summed E-state index contributed by atoms with van der Waals surface area (Å²) >= 11 is 0. The fourth-order valence-electron chi connectivity index (χ4n) is 3.74. The Morgan fingerprint density at radius 2 is 2.10 bits per heavy atom. The van der Waals surface area contributed by atoms with Crippen LogP contribution in [0, 0.1) is 11.8 Å². The molecule has 21 heavy (non-hydrogen) atoms. The van der Waals surface area contributed by atoms with E-state index in [1.165, 1.54) is 43.5 Å². The van der Waals surface area contributed by atoms with E-state index in [0.717, 1.165) is 23.9 Å². The zero-order chi connectivity index (χ0) is 13.4. The number of halogens is 1. The molecule has 3 heterocycles. The number of benzene rings is 1. The summed E-state index contributed by atoms with van der Waals surface area (Å²) in [7, 11) is 0. The van der Waals surface area contributed by atoms with Gasteiger partial charge in [0, 0.05) is 24.7 Å². The van der Waals surface area contributed by atoms with Crippen LogP contribution in [-0.2, 0) is 6.54 Å². The Bertz CT molecular complexity index is 616. The number of hydrogen-bond donors (Lipinski definition) is 1. The standard InChI is InChI=1S/C17H21N3.ClH/c1-2-14-8-13(3-4-17(14)19-6-1)11-20-7-5-15-9-18-10-16(15)12-20;/h1-4,6,8,15-16,18H,5,7,9-12H2;1H. The van der Waals surface area contributed by atoms with E-state index in [4.69, 9.17) is 0 Å². The van der Waals surface area contributed by atoms with E-state index in [1.807, 2.05) is 12.3 Å². The minimum absolute atomic E-state index is 0.